The Balaban J connectivity index is 1.50. The maximum atomic E-state index is 13.9. The van der Waals surface area contributed by atoms with E-state index in [1.165, 1.54) is 25.2 Å². The minimum Gasteiger partial charge on any atom is -0.350 e. The Morgan fingerprint density at radius 1 is 1.02 bits per heavy atom. The zero-order chi connectivity index (χ0) is 28.8. The lowest BCUT2D eigenvalue weighted by Gasteiger charge is -2.22. The molecule has 2 aromatic heterocycles. The summed E-state index contributed by atoms with van der Waals surface area (Å²) in [5.41, 5.74) is 4.74. The summed E-state index contributed by atoms with van der Waals surface area (Å²) in [4.78, 5) is 27.6. The first-order valence-corrected chi connectivity index (χ1v) is 14.4. The van der Waals surface area contributed by atoms with Crippen LogP contribution in [0.1, 0.15) is 79.9 Å². The van der Waals surface area contributed by atoms with Gasteiger partial charge in [0.25, 0.3) is 0 Å². The number of carbonyl (C=O) groups is 1. The molecule has 0 bridgehead atoms. The Bertz CT molecular complexity index is 1500. The van der Waals surface area contributed by atoms with Crippen molar-refractivity contribution >= 4 is 5.91 Å². The molecule has 2 heterocycles. The van der Waals surface area contributed by atoms with Gasteiger partial charge < -0.3 is 9.47 Å². The van der Waals surface area contributed by atoms with Gasteiger partial charge in [0.15, 0.2) is 0 Å². The minimum absolute atomic E-state index is 0.180. The molecule has 10 nitrogen and oxygen atoms in total. The van der Waals surface area contributed by atoms with Gasteiger partial charge in [-0.15, -0.1) is 10.2 Å². The number of aromatic nitrogens is 6. The number of nitrogens with one attached hydrogen (secondary N) is 1. The van der Waals surface area contributed by atoms with E-state index < -0.39 is 6.29 Å². The van der Waals surface area contributed by atoms with E-state index in [1.54, 1.807) is 4.57 Å². The molecular weight excluding hydrogens is 520 g/mol. The number of aromatic amines is 1. The third-order valence-corrected chi connectivity index (χ3v) is 7.98. The van der Waals surface area contributed by atoms with E-state index in [9.17, 15) is 9.59 Å². The van der Waals surface area contributed by atoms with Crippen molar-refractivity contribution in [3.05, 3.63) is 76.0 Å². The molecular formula is C31H38N6O4. The Kier molecular flexibility index (Phi) is 9.21. The largest absolute Gasteiger partial charge is 0.350 e. The molecule has 4 aromatic rings. The first kappa shape index (κ1) is 28.6. The summed E-state index contributed by atoms with van der Waals surface area (Å²) in [5.74, 6) is 0.652. The molecule has 0 radical (unpaired) electrons. The summed E-state index contributed by atoms with van der Waals surface area (Å²) >= 11 is 0. The van der Waals surface area contributed by atoms with E-state index in [-0.39, 0.29) is 11.6 Å². The van der Waals surface area contributed by atoms with Gasteiger partial charge in [0, 0.05) is 31.9 Å². The number of tetrazole rings is 1. The number of H-pyrrole nitrogens is 1. The third-order valence-electron chi connectivity index (χ3n) is 7.98. The molecule has 0 spiro atoms. The zero-order valence-corrected chi connectivity index (χ0v) is 24.0. The number of ether oxygens (including phenoxy) is 2. The van der Waals surface area contributed by atoms with Crippen molar-refractivity contribution in [2.45, 2.75) is 71.1 Å². The first-order valence-electron chi connectivity index (χ1n) is 14.4. The molecule has 216 valence electrons. The van der Waals surface area contributed by atoms with Crippen LogP contribution < -0.4 is 5.69 Å². The van der Waals surface area contributed by atoms with E-state index >= 15 is 0 Å². The maximum Gasteiger partial charge on any atom is 0.335 e. The van der Waals surface area contributed by atoms with Crippen LogP contribution in [0.3, 0.4) is 0 Å². The average Bonchev–Trinajstić information content (AvgIpc) is 3.63. The second-order valence-electron chi connectivity index (χ2n) is 10.7. The van der Waals surface area contributed by atoms with Crippen LogP contribution in [0.5, 0.6) is 0 Å². The molecule has 0 amide bonds. The fourth-order valence-corrected chi connectivity index (χ4v) is 5.98. The summed E-state index contributed by atoms with van der Waals surface area (Å²) in [6.07, 6.45) is 6.50. The van der Waals surface area contributed by atoms with Crippen molar-refractivity contribution < 1.29 is 14.3 Å². The summed E-state index contributed by atoms with van der Waals surface area (Å²) in [5, 5.41) is 14.5. The number of rotatable bonds is 11. The van der Waals surface area contributed by atoms with Crippen molar-refractivity contribution in [1.82, 2.24) is 29.8 Å². The van der Waals surface area contributed by atoms with Gasteiger partial charge in [0.05, 0.1) is 6.54 Å². The van der Waals surface area contributed by atoms with E-state index in [0.717, 1.165) is 60.1 Å². The standard InChI is InChI=1S/C31H38N6O4/c1-4-10-26-28(30(40-2)41-3)37(27(38)19-21-11-6-5-7-12-21)31(39)36(26)20-22-15-17-23(18-16-22)24-13-8-9-14-25(24)29-32-34-35-33-29/h8-9,13-18,21,30H,4-7,10-12,19-20H2,1-3H3,(H,32,33,34,35). The quantitative estimate of drug-likeness (QED) is 0.245. The van der Waals surface area contributed by atoms with E-state index in [4.69, 9.17) is 9.47 Å². The van der Waals surface area contributed by atoms with Gasteiger partial charge in [0.1, 0.15) is 5.69 Å². The molecule has 1 saturated carbocycles. The highest BCUT2D eigenvalue weighted by Gasteiger charge is 2.30. The van der Waals surface area contributed by atoms with Gasteiger partial charge in [-0.2, -0.15) is 5.21 Å². The fraction of sp³-hybridized carbons (Fsp3) is 0.452. The molecule has 2 aromatic carbocycles. The molecule has 10 heteroatoms. The van der Waals surface area contributed by atoms with E-state index in [2.05, 4.69) is 27.5 Å². The fourth-order valence-electron chi connectivity index (χ4n) is 5.98. The summed E-state index contributed by atoms with van der Waals surface area (Å²) in [6, 6.07) is 16.0. The van der Waals surface area contributed by atoms with Gasteiger partial charge in [-0.25, -0.2) is 9.36 Å². The molecule has 5 rings (SSSR count). The molecule has 0 atom stereocenters. The topological polar surface area (TPSA) is 117 Å². The molecule has 1 N–H and O–H groups in total. The molecule has 1 aliphatic rings. The molecule has 0 saturated heterocycles. The normalized spacial score (nSPS) is 14.1. The maximum absolute atomic E-state index is 13.9. The highest BCUT2D eigenvalue weighted by Crippen LogP contribution is 2.31. The predicted molar refractivity (Wildman–Crippen MR) is 155 cm³/mol. The lowest BCUT2D eigenvalue weighted by Crippen LogP contribution is -2.32. The SMILES string of the molecule is CCCc1c(C(OC)OC)n(C(=O)CC2CCCCC2)c(=O)n1Cc1ccc(-c2ccccc2-c2nn[nH]n2)cc1. The summed E-state index contributed by atoms with van der Waals surface area (Å²) < 4.78 is 14.3. The number of hydrogen-bond donors (Lipinski definition) is 1. The Morgan fingerprint density at radius 2 is 1.73 bits per heavy atom. The smallest absolute Gasteiger partial charge is 0.335 e. The Morgan fingerprint density at radius 3 is 2.37 bits per heavy atom. The van der Waals surface area contributed by atoms with Crippen LogP contribution in [0.25, 0.3) is 22.5 Å². The third kappa shape index (κ3) is 6.08. The van der Waals surface area contributed by atoms with Crippen molar-refractivity contribution in [2.24, 2.45) is 5.92 Å². The Labute approximate surface area is 239 Å². The average molecular weight is 559 g/mol. The molecule has 1 fully saturated rings. The number of methoxy groups -OCH3 is 2. The Hall–Kier alpha value is -3.89. The van der Waals surface area contributed by atoms with E-state index in [1.807, 2.05) is 48.5 Å². The molecule has 0 aliphatic heterocycles. The highest BCUT2D eigenvalue weighted by atomic mass is 16.7. The predicted octanol–water partition coefficient (Wildman–Crippen LogP) is 5.40. The van der Waals surface area contributed by atoms with Crippen molar-refractivity contribution in [1.29, 1.82) is 0 Å². The summed E-state index contributed by atoms with van der Waals surface area (Å²) in [6.45, 7) is 2.39. The minimum atomic E-state index is -0.815. The number of carbonyl (C=O) groups excluding carboxylic acids is 1. The second-order valence-corrected chi connectivity index (χ2v) is 10.7. The number of benzene rings is 2. The monoisotopic (exact) mass is 558 g/mol. The van der Waals surface area contributed by atoms with Crippen LogP contribution >= 0.6 is 0 Å². The second kappa shape index (κ2) is 13.2. The first-order chi connectivity index (χ1) is 20.0. The van der Waals surface area contributed by atoms with Crippen LogP contribution in [-0.4, -0.2) is 49.9 Å². The lowest BCUT2D eigenvalue weighted by atomic mass is 9.87. The van der Waals surface area contributed by atoms with E-state index in [0.29, 0.717) is 36.8 Å². The zero-order valence-electron chi connectivity index (χ0n) is 24.0. The summed E-state index contributed by atoms with van der Waals surface area (Å²) in [7, 11) is 3.07. The molecule has 0 unspecified atom stereocenters. The van der Waals surface area contributed by atoms with Gasteiger partial charge >= 0.3 is 5.69 Å². The van der Waals surface area contributed by atoms with Crippen molar-refractivity contribution in [3.63, 3.8) is 0 Å². The number of nitrogens with zero attached hydrogens (tertiary/aromatic N) is 5. The number of hydrogen-bond acceptors (Lipinski definition) is 7. The van der Waals surface area contributed by atoms with Crippen LogP contribution in [0.2, 0.25) is 0 Å². The van der Waals surface area contributed by atoms with Gasteiger partial charge in [-0.1, -0.05) is 81.1 Å². The molecule has 41 heavy (non-hydrogen) atoms. The van der Waals surface area contributed by atoms with Crippen molar-refractivity contribution in [2.75, 3.05) is 14.2 Å². The van der Waals surface area contributed by atoms with Crippen LogP contribution in [-0.2, 0) is 22.4 Å². The van der Waals surface area contributed by atoms with Gasteiger partial charge in [0.2, 0.25) is 18.0 Å². The number of imidazole rings is 1. The van der Waals surface area contributed by atoms with Crippen molar-refractivity contribution in [3.8, 4) is 22.5 Å². The van der Waals surface area contributed by atoms with Crippen LogP contribution in [0, 0.1) is 5.92 Å². The van der Waals surface area contributed by atoms with Gasteiger partial charge in [-0.05, 0) is 47.1 Å². The highest BCUT2D eigenvalue weighted by molar-refractivity contribution is 5.81. The lowest BCUT2D eigenvalue weighted by molar-refractivity contribution is -0.110. The van der Waals surface area contributed by atoms with Crippen LogP contribution in [0.15, 0.2) is 53.3 Å². The van der Waals surface area contributed by atoms with Gasteiger partial charge in [-0.3, -0.25) is 9.36 Å². The molecule has 1 aliphatic carbocycles. The van der Waals surface area contributed by atoms with Crippen LogP contribution in [0.4, 0.5) is 0 Å².